The highest BCUT2D eigenvalue weighted by molar-refractivity contribution is 5.88. The molecular formula is C17H23N7O3. The summed E-state index contributed by atoms with van der Waals surface area (Å²) in [5.41, 5.74) is 3.52. The van der Waals surface area contributed by atoms with Crippen molar-refractivity contribution >= 4 is 18.2 Å². The molecule has 144 valence electrons. The molecule has 27 heavy (non-hydrogen) atoms. The van der Waals surface area contributed by atoms with Crippen molar-refractivity contribution in [3.8, 4) is 11.4 Å². The number of rotatable bonds is 5. The maximum atomic E-state index is 12.4. The Morgan fingerprint density at radius 1 is 1.26 bits per heavy atom. The summed E-state index contributed by atoms with van der Waals surface area (Å²) >= 11 is 0. The van der Waals surface area contributed by atoms with Gasteiger partial charge in [-0.25, -0.2) is 10.2 Å². The summed E-state index contributed by atoms with van der Waals surface area (Å²) in [6.07, 6.45) is 0.825. The number of hydrogen-bond acceptors (Lipinski definition) is 7. The molecule has 0 saturated carbocycles. The Balaban J connectivity index is 2.00. The van der Waals surface area contributed by atoms with E-state index in [1.165, 1.54) is 18.1 Å². The van der Waals surface area contributed by atoms with Gasteiger partial charge in [0.1, 0.15) is 6.04 Å². The molecule has 2 N–H and O–H groups in total. The van der Waals surface area contributed by atoms with E-state index in [-0.39, 0.29) is 0 Å². The lowest BCUT2D eigenvalue weighted by Gasteiger charge is -2.28. The number of nitrogens with one attached hydrogen (secondary N) is 2. The van der Waals surface area contributed by atoms with E-state index in [4.69, 9.17) is 0 Å². The van der Waals surface area contributed by atoms with Crippen molar-refractivity contribution in [3.05, 3.63) is 29.8 Å². The van der Waals surface area contributed by atoms with E-state index in [1.807, 2.05) is 45.0 Å². The maximum Gasteiger partial charge on any atom is 0.407 e. The molecule has 1 heterocycles. The minimum absolute atomic E-state index is 0.440. The minimum Gasteiger partial charge on any atom is -0.453 e. The Morgan fingerprint density at radius 2 is 1.93 bits per heavy atom. The Morgan fingerprint density at radius 3 is 2.44 bits per heavy atom. The summed E-state index contributed by atoms with van der Waals surface area (Å²) in [6.45, 7) is 5.49. The second-order valence-corrected chi connectivity index (χ2v) is 6.89. The third kappa shape index (κ3) is 5.59. The Kier molecular flexibility index (Phi) is 6.22. The Bertz CT molecular complexity index is 822. The van der Waals surface area contributed by atoms with E-state index >= 15 is 0 Å². The van der Waals surface area contributed by atoms with Gasteiger partial charge in [0, 0.05) is 5.56 Å². The molecule has 2 aromatic rings. The Hall–Kier alpha value is -3.30. The molecule has 1 aromatic heterocycles. The maximum absolute atomic E-state index is 12.4. The summed E-state index contributed by atoms with van der Waals surface area (Å²) in [5, 5.41) is 18.3. The first-order valence-corrected chi connectivity index (χ1v) is 8.22. The van der Waals surface area contributed by atoms with Gasteiger partial charge < -0.3 is 10.1 Å². The zero-order chi connectivity index (χ0) is 20.0. The summed E-state index contributed by atoms with van der Waals surface area (Å²) in [7, 11) is 2.94. The number of carbonyl (C=O) groups is 2. The smallest absolute Gasteiger partial charge is 0.407 e. The van der Waals surface area contributed by atoms with Crippen LogP contribution < -0.4 is 10.7 Å². The molecule has 1 atom stereocenters. The van der Waals surface area contributed by atoms with Crippen LogP contribution in [-0.4, -0.2) is 51.6 Å². The van der Waals surface area contributed by atoms with E-state index in [1.54, 1.807) is 7.05 Å². The van der Waals surface area contributed by atoms with E-state index in [0.29, 0.717) is 5.82 Å². The van der Waals surface area contributed by atoms with Gasteiger partial charge in [0.25, 0.3) is 5.91 Å². The highest BCUT2D eigenvalue weighted by Crippen LogP contribution is 2.19. The fourth-order valence-electron chi connectivity index (χ4n) is 2.20. The third-order valence-corrected chi connectivity index (χ3v) is 3.64. The fourth-order valence-corrected chi connectivity index (χ4v) is 2.20. The van der Waals surface area contributed by atoms with Crippen molar-refractivity contribution in [2.75, 3.05) is 7.11 Å². The van der Waals surface area contributed by atoms with Crippen LogP contribution in [0.15, 0.2) is 29.4 Å². The van der Waals surface area contributed by atoms with Crippen LogP contribution in [0.5, 0.6) is 0 Å². The van der Waals surface area contributed by atoms with Crippen molar-refractivity contribution in [1.82, 2.24) is 30.9 Å². The number of methoxy groups -OCH3 is 1. The first kappa shape index (κ1) is 20.0. The average molecular weight is 373 g/mol. The molecule has 1 unspecified atom stereocenters. The second kappa shape index (κ2) is 8.39. The zero-order valence-corrected chi connectivity index (χ0v) is 15.9. The van der Waals surface area contributed by atoms with Crippen molar-refractivity contribution in [2.24, 2.45) is 17.6 Å². The van der Waals surface area contributed by atoms with Crippen LogP contribution in [0.3, 0.4) is 0 Å². The number of amides is 2. The first-order chi connectivity index (χ1) is 12.7. The highest BCUT2D eigenvalue weighted by Gasteiger charge is 2.33. The van der Waals surface area contributed by atoms with Crippen molar-refractivity contribution in [3.63, 3.8) is 0 Å². The number of ether oxygens (including phenoxy) is 1. The van der Waals surface area contributed by atoms with Gasteiger partial charge in [-0.2, -0.15) is 9.90 Å². The van der Waals surface area contributed by atoms with Crippen LogP contribution in [0, 0.1) is 5.41 Å². The monoisotopic (exact) mass is 373 g/mol. The van der Waals surface area contributed by atoms with Crippen LogP contribution in [-0.2, 0) is 16.6 Å². The average Bonchev–Trinajstić information content (AvgIpc) is 3.05. The van der Waals surface area contributed by atoms with Gasteiger partial charge in [-0.15, -0.1) is 10.2 Å². The normalized spacial score (nSPS) is 12.6. The molecule has 10 nitrogen and oxygen atoms in total. The molecule has 0 aliphatic rings. The van der Waals surface area contributed by atoms with Crippen LogP contribution >= 0.6 is 0 Å². The van der Waals surface area contributed by atoms with Crippen LogP contribution in [0.2, 0.25) is 0 Å². The van der Waals surface area contributed by atoms with Crippen LogP contribution in [0.1, 0.15) is 26.3 Å². The summed E-state index contributed by atoms with van der Waals surface area (Å²) < 4.78 is 4.56. The number of hydrazone groups is 1. The molecule has 2 rings (SSSR count). The number of benzene rings is 1. The predicted octanol–water partition coefficient (Wildman–Crippen LogP) is 1.10. The van der Waals surface area contributed by atoms with Gasteiger partial charge in [0.2, 0.25) is 5.82 Å². The summed E-state index contributed by atoms with van der Waals surface area (Å²) in [4.78, 5) is 25.2. The summed E-state index contributed by atoms with van der Waals surface area (Å²) in [5.74, 6) is 0.0840. The zero-order valence-electron chi connectivity index (χ0n) is 15.9. The third-order valence-electron chi connectivity index (χ3n) is 3.64. The SMILES string of the molecule is COC(=O)NC(C(=O)NN=Cc1ccc(-c2nnn(C)n2)cc1)C(C)(C)C. The molecule has 2 amide bonds. The molecular weight excluding hydrogens is 350 g/mol. The number of tetrazole rings is 1. The topological polar surface area (TPSA) is 123 Å². The Labute approximate surface area is 157 Å². The second-order valence-electron chi connectivity index (χ2n) is 6.89. The molecule has 0 fully saturated rings. The van der Waals surface area contributed by atoms with Gasteiger partial charge in [0.05, 0.1) is 20.4 Å². The lowest BCUT2D eigenvalue weighted by molar-refractivity contribution is -0.125. The number of aryl methyl sites for hydroxylation is 1. The predicted molar refractivity (Wildman–Crippen MR) is 98.8 cm³/mol. The standard InChI is InChI=1S/C17H23N7O3/c1-17(2,3)13(19-16(26)27-5)15(25)21-18-10-11-6-8-12(9-7-11)14-20-23-24(4)22-14/h6-10,13H,1-5H3,(H,19,26)(H,21,25). The molecule has 0 aliphatic carbocycles. The molecule has 0 spiro atoms. The molecule has 0 aliphatic heterocycles. The molecule has 10 heteroatoms. The van der Waals surface area contributed by atoms with Gasteiger partial charge in [0.15, 0.2) is 0 Å². The number of nitrogens with zero attached hydrogens (tertiary/aromatic N) is 5. The fraction of sp³-hybridized carbons (Fsp3) is 0.412. The minimum atomic E-state index is -0.799. The van der Waals surface area contributed by atoms with Crippen molar-refractivity contribution in [2.45, 2.75) is 26.8 Å². The van der Waals surface area contributed by atoms with E-state index < -0.39 is 23.5 Å². The quantitative estimate of drug-likeness (QED) is 0.597. The first-order valence-electron chi connectivity index (χ1n) is 8.22. The van der Waals surface area contributed by atoms with Gasteiger partial charge in [-0.3, -0.25) is 4.79 Å². The lowest BCUT2D eigenvalue weighted by atomic mass is 9.86. The van der Waals surface area contributed by atoms with E-state index in [2.05, 4.69) is 36.0 Å². The highest BCUT2D eigenvalue weighted by atomic mass is 16.5. The number of aromatic nitrogens is 4. The molecule has 1 aromatic carbocycles. The molecule has 0 saturated heterocycles. The number of alkyl carbamates (subject to hydrolysis) is 1. The van der Waals surface area contributed by atoms with Crippen LogP contribution in [0.25, 0.3) is 11.4 Å². The number of carbonyl (C=O) groups excluding carboxylic acids is 2. The van der Waals surface area contributed by atoms with E-state index in [0.717, 1.165) is 11.1 Å². The number of hydrogen-bond donors (Lipinski definition) is 2. The largest absolute Gasteiger partial charge is 0.453 e. The molecule has 0 radical (unpaired) electrons. The van der Waals surface area contributed by atoms with E-state index in [9.17, 15) is 9.59 Å². The van der Waals surface area contributed by atoms with Crippen LogP contribution in [0.4, 0.5) is 4.79 Å². The molecule has 0 bridgehead atoms. The van der Waals surface area contributed by atoms with Gasteiger partial charge in [-0.1, -0.05) is 45.0 Å². The van der Waals surface area contributed by atoms with Crippen molar-refractivity contribution in [1.29, 1.82) is 0 Å². The lowest BCUT2D eigenvalue weighted by Crippen LogP contribution is -2.52. The van der Waals surface area contributed by atoms with Gasteiger partial charge in [-0.05, 0) is 16.2 Å². The van der Waals surface area contributed by atoms with Gasteiger partial charge >= 0.3 is 6.09 Å². The van der Waals surface area contributed by atoms with Crippen molar-refractivity contribution < 1.29 is 14.3 Å². The summed E-state index contributed by atoms with van der Waals surface area (Å²) in [6, 6.07) is 6.49.